The summed E-state index contributed by atoms with van der Waals surface area (Å²) in [7, 11) is 0. The van der Waals surface area contributed by atoms with Crippen molar-refractivity contribution in [3.63, 3.8) is 0 Å². The second-order valence-corrected chi connectivity index (χ2v) is 5.05. The van der Waals surface area contributed by atoms with E-state index < -0.39 is 6.09 Å². The van der Waals surface area contributed by atoms with Gasteiger partial charge in [0.2, 0.25) is 0 Å². The number of rotatable bonds is 3. The van der Waals surface area contributed by atoms with Gasteiger partial charge in [-0.05, 0) is 17.2 Å². The van der Waals surface area contributed by atoms with Crippen LogP contribution in [0, 0.1) is 0 Å². The van der Waals surface area contributed by atoms with Crippen molar-refractivity contribution in [3.05, 3.63) is 96.6 Å². The average molecular weight is 307 g/mol. The second kappa shape index (κ2) is 7.31. The van der Waals surface area contributed by atoms with Crippen LogP contribution in [-0.4, -0.2) is 11.0 Å². The lowest BCUT2D eigenvalue weighted by molar-refractivity contribution is 0.104. The normalized spacial score (nSPS) is 16.5. The van der Waals surface area contributed by atoms with Gasteiger partial charge in [0.05, 0.1) is 12.3 Å². The topological polar surface area (TPSA) is 38.8 Å². The van der Waals surface area contributed by atoms with Crippen LogP contribution in [0.25, 0.3) is 0 Å². The lowest BCUT2D eigenvalue weighted by Crippen LogP contribution is -2.29. The number of hydrogen-bond acceptors (Lipinski definition) is 3. The van der Waals surface area contributed by atoms with Crippen molar-refractivity contribution in [2.45, 2.75) is 12.6 Å². The molecule has 23 heavy (non-hydrogen) atoms. The molecule has 1 aliphatic heterocycles. The van der Waals surface area contributed by atoms with Crippen molar-refractivity contribution in [2.24, 2.45) is 0 Å². The summed E-state index contributed by atoms with van der Waals surface area (Å²) < 4.78 is 10.6. The number of benzene rings is 2. The fourth-order valence-electron chi connectivity index (χ4n) is 2.34. The molecule has 116 valence electrons. The summed E-state index contributed by atoms with van der Waals surface area (Å²) in [6.45, 7) is 0.232. The highest BCUT2D eigenvalue weighted by Crippen LogP contribution is 2.25. The van der Waals surface area contributed by atoms with Crippen LogP contribution in [0.4, 0.5) is 4.79 Å². The largest absolute Gasteiger partial charge is 0.471 e. The molecule has 1 aliphatic rings. The Kier molecular flexibility index (Phi) is 4.74. The van der Waals surface area contributed by atoms with Crippen LogP contribution in [0.5, 0.6) is 0 Å². The minimum absolute atomic E-state index is 0.232. The average Bonchev–Trinajstić information content (AvgIpc) is 2.87. The van der Waals surface area contributed by atoms with Crippen LogP contribution >= 0.6 is 0 Å². The summed E-state index contributed by atoms with van der Waals surface area (Å²) in [4.78, 5) is 14.0. The maximum atomic E-state index is 12.5. The third-order valence-corrected chi connectivity index (χ3v) is 3.50. The van der Waals surface area contributed by atoms with E-state index in [1.54, 1.807) is 12.5 Å². The third kappa shape index (κ3) is 3.80. The SMILES string of the molecule is O=C(OCc1ccccc1)N1C=COC=CC1c1ccccc1. The van der Waals surface area contributed by atoms with E-state index in [1.807, 2.05) is 66.7 Å². The molecule has 1 unspecified atom stereocenters. The van der Waals surface area contributed by atoms with Crippen molar-refractivity contribution >= 4 is 6.09 Å². The second-order valence-electron chi connectivity index (χ2n) is 5.05. The summed E-state index contributed by atoms with van der Waals surface area (Å²) in [5, 5.41) is 0. The van der Waals surface area contributed by atoms with Gasteiger partial charge in [-0.25, -0.2) is 4.79 Å². The molecule has 0 saturated heterocycles. The number of nitrogens with zero attached hydrogens (tertiary/aromatic N) is 1. The Morgan fingerprint density at radius 1 is 1.00 bits per heavy atom. The minimum Gasteiger partial charge on any atom is -0.471 e. The number of carbonyl (C=O) groups is 1. The summed E-state index contributed by atoms with van der Waals surface area (Å²) in [6.07, 6.45) is 6.01. The predicted octanol–water partition coefficient (Wildman–Crippen LogP) is 4.38. The molecule has 0 fully saturated rings. The molecule has 2 aromatic carbocycles. The number of amides is 1. The lowest BCUT2D eigenvalue weighted by atomic mass is 10.1. The van der Waals surface area contributed by atoms with E-state index in [4.69, 9.17) is 9.47 Å². The van der Waals surface area contributed by atoms with E-state index in [0.29, 0.717) is 0 Å². The number of hydrogen-bond donors (Lipinski definition) is 0. The first-order valence-corrected chi connectivity index (χ1v) is 7.37. The first kappa shape index (κ1) is 14.9. The molecule has 4 heteroatoms. The zero-order valence-electron chi connectivity index (χ0n) is 12.5. The standard InChI is InChI=1S/C19H17NO3/c21-19(23-15-16-7-3-1-4-8-16)20-12-14-22-13-11-18(20)17-9-5-2-6-10-17/h1-14,18H,15H2. The lowest BCUT2D eigenvalue weighted by Gasteiger charge is -2.25. The molecule has 0 bridgehead atoms. The molecule has 1 atom stereocenters. The Hall–Kier alpha value is -3.01. The minimum atomic E-state index is -0.422. The van der Waals surface area contributed by atoms with E-state index >= 15 is 0 Å². The van der Waals surface area contributed by atoms with Gasteiger partial charge < -0.3 is 9.47 Å². The highest BCUT2D eigenvalue weighted by atomic mass is 16.6. The van der Waals surface area contributed by atoms with Crippen LogP contribution < -0.4 is 0 Å². The van der Waals surface area contributed by atoms with Gasteiger partial charge in [-0.1, -0.05) is 60.7 Å². The Balaban J connectivity index is 1.75. The number of carbonyl (C=O) groups excluding carboxylic acids is 1. The van der Waals surface area contributed by atoms with Gasteiger partial charge >= 0.3 is 6.09 Å². The maximum absolute atomic E-state index is 12.5. The Bertz CT molecular complexity index is 695. The zero-order chi connectivity index (χ0) is 15.9. The third-order valence-electron chi connectivity index (χ3n) is 3.50. The van der Waals surface area contributed by atoms with Crippen LogP contribution in [0.2, 0.25) is 0 Å². The van der Waals surface area contributed by atoms with E-state index in [9.17, 15) is 4.79 Å². The van der Waals surface area contributed by atoms with Gasteiger partial charge in [0.15, 0.2) is 0 Å². The van der Waals surface area contributed by atoms with Crippen LogP contribution in [-0.2, 0) is 16.1 Å². The van der Waals surface area contributed by atoms with E-state index in [0.717, 1.165) is 11.1 Å². The molecule has 4 nitrogen and oxygen atoms in total. The van der Waals surface area contributed by atoms with Crippen LogP contribution in [0.1, 0.15) is 17.2 Å². The smallest absolute Gasteiger partial charge is 0.415 e. The zero-order valence-corrected chi connectivity index (χ0v) is 12.5. The molecule has 2 aromatic rings. The number of ether oxygens (including phenoxy) is 2. The molecule has 0 aromatic heterocycles. The molecule has 1 heterocycles. The molecule has 1 amide bonds. The van der Waals surface area contributed by atoms with Crippen LogP contribution in [0.3, 0.4) is 0 Å². The quantitative estimate of drug-likeness (QED) is 0.844. The van der Waals surface area contributed by atoms with Crippen LogP contribution in [0.15, 0.2) is 85.5 Å². The van der Waals surface area contributed by atoms with Gasteiger partial charge in [-0.2, -0.15) is 0 Å². The van der Waals surface area contributed by atoms with Gasteiger partial charge in [0.25, 0.3) is 0 Å². The van der Waals surface area contributed by atoms with Crippen molar-refractivity contribution in [1.82, 2.24) is 4.90 Å². The van der Waals surface area contributed by atoms with E-state index in [2.05, 4.69) is 0 Å². The highest BCUT2D eigenvalue weighted by Gasteiger charge is 2.24. The fraction of sp³-hybridized carbons (Fsp3) is 0.105. The first-order chi connectivity index (χ1) is 11.3. The summed E-state index contributed by atoms with van der Waals surface area (Å²) >= 11 is 0. The van der Waals surface area contributed by atoms with Gasteiger partial charge in [0, 0.05) is 6.20 Å². The Morgan fingerprint density at radius 3 is 2.43 bits per heavy atom. The molecule has 0 spiro atoms. The molecule has 3 rings (SSSR count). The van der Waals surface area contributed by atoms with Crippen molar-refractivity contribution in [3.8, 4) is 0 Å². The molecule has 0 N–H and O–H groups in total. The molecular formula is C19H17NO3. The monoisotopic (exact) mass is 307 g/mol. The molecule has 0 saturated carbocycles. The summed E-state index contributed by atoms with van der Waals surface area (Å²) in [5.74, 6) is 0. The highest BCUT2D eigenvalue weighted by molar-refractivity contribution is 5.70. The first-order valence-electron chi connectivity index (χ1n) is 7.37. The predicted molar refractivity (Wildman–Crippen MR) is 87.0 cm³/mol. The Morgan fingerprint density at radius 2 is 1.70 bits per heavy atom. The molecular weight excluding hydrogens is 290 g/mol. The summed E-state index contributed by atoms with van der Waals surface area (Å²) in [6, 6.07) is 19.1. The van der Waals surface area contributed by atoms with E-state index in [-0.39, 0.29) is 12.6 Å². The van der Waals surface area contributed by atoms with Gasteiger partial charge in [-0.15, -0.1) is 0 Å². The van der Waals surface area contributed by atoms with Crippen molar-refractivity contribution < 1.29 is 14.3 Å². The van der Waals surface area contributed by atoms with Gasteiger partial charge in [0.1, 0.15) is 12.9 Å². The molecule has 0 radical (unpaired) electrons. The van der Waals surface area contributed by atoms with Crippen molar-refractivity contribution in [2.75, 3.05) is 0 Å². The van der Waals surface area contributed by atoms with Crippen molar-refractivity contribution in [1.29, 1.82) is 0 Å². The Labute approximate surface area is 135 Å². The van der Waals surface area contributed by atoms with Gasteiger partial charge in [-0.3, -0.25) is 4.90 Å². The fourth-order valence-corrected chi connectivity index (χ4v) is 2.34. The maximum Gasteiger partial charge on any atom is 0.415 e. The summed E-state index contributed by atoms with van der Waals surface area (Å²) in [5.41, 5.74) is 1.93. The molecule has 0 aliphatic carbocycles. The van der Waals surface area contributed by atoms with E-state index in [1.165, 1.54) is 11.2 Å².